The van der Waals surface area contributed by atoms with Crippen LogP contribution in [0.3, 0.4) is 0 Å². The van der Waals surface area contributed by atoms with E-state index in [4.69, 9.17) is 25.5 Å². The summed E-state index contributed by atoms with van der Waals surface area (Å²) in [5, 5.41) is 42.6. The first-order chi connectivity index (χ1) is 6.21. The topological polar surface area (TPSA) is 152 Å². The normalized spacial score (nSPS) is 15.6. The summed E-state index contributed by atoms with van der Waals surface area (Å²) in [6, 6.07) is 0. The molecule has 0 saturated carbocycles. The summed E-state index contributed by atoms with van der Waals surface area (Å²) in [6.07, 6.45) is -4.11. The number of carboxylic acid groups (broad SMARTS) is 3. The number of hydrogen-bond acceptors (Lipinski definition) is 5. The molecule has 0 bridgehead atoms. The van der Waals surface area contributed by atoms with Crippen molar-refractivity contribution in [2.24, 2.45) is 0 Å². The Morgan fingerprint density at radius 1 is 1.13 bits per heavy atom. The van der Waals surface area contributed by atoms with Gasteiger partial charge in [-0.2, -0.15) is 0 Å². The molecule has 0 saturated heterocycles. The number of hydrogen-bond donors (Lipinski definition) is 5. The van der Waals surface area contributed by atoms with Gasteiger partial charge in [0.15, 0.2) is 6.10 Å². The van der Waals surface area contributed by atoms with Gasteiger partial charge >= 0.3 is 36.8 Å². The molecule has 0 spiro atoms. The molecular formula is C6H9LiO8. The molecule has 8 nitrogen and oxygen atoms in total. The summed E-state index contributed by atoms with van der Waals surface area (Å²) in [4.78, 5) is 30.7. The third kappa shape index (κ3) is 3.89. The molecule has 0 aliphatic heterocycles. The van der Waals surface area contributed by atoms with Gasteiger partial charge in [-0.1, -0.05) is 0 Å². The molecule has 0 aromatic rings. The average molecular weight is 216 g/mol. The van der Waals surface area contributed by atoms with E-state index in [2.05, 4.69) is 0 Å². The molecule has 0 heterocycles. The van der Waals surface area contributed by atoms with Crippen LogP contribution in [0.4, 0.5) is 0 Å². The molecule has 0 fully saturated rings. The van der Waals surface area contributed by atoms with Crippen LogP contribution >= 0.6 is 0 Å². The van der Waals surface area contributed by atoms with E-state index in [-0.39, 0.29) is 18.9 Å². The molecular weight excluding hydrogens is 207 g/mol. The van der Waals surface area contributed by atoms with Crippen molar-refractivity contribution in [2.75, 3.05) is 0 Å². The van der Waals surface area contributed by atoms with E-state index in [0.29, 0.717) is 0 Å². The monoisotopic (exact) mass is 216 g/mol. The Balaban J connectivity index is 0. The maximum atomic E-state index is 10.4. The SMILES string of the molecule is O=C(O)CC(O)(C(=O)O)C(O)C(=O)O.[LiH]. The summed E-state index contributed by atoms with van der Waals surface area (Å²) < 4.78 is 0. The van der Waals surface area contributed by atoms with E-state index in [0.717, 1.165) is 0 Å². The molecule has 0 aromatic heterocycles. The van der Waals surface area contributed by atoms with Crippen LogP contribution in [0.15, 0.2) is 0 Å². The van der Waals surface area contributed by atoms with E-state index in [1.54, 1.807) is 0 Å². The second-order valence-electron chi connectivity index (χ2n) is 2.54. The van der Waals surface area contributed by atoms with Gasteiger partial charge in [0.1, 0.15) is 0 Å². The fourth-order valence-electron chi connectivity index (χ4n) is 0.724. The van der Waals surface area contributed by atoms with Crippen molar-refractivity contribution in [1.82, 2.24) is 0 Å². The molecule has 0 aromatic carbocycles. The third-order valence-electron chi connectivity index (χ3n) is 1.48. The van der Waals surface area contributed by atoms with Crippen LogP contribution in [0.2, 0.25) is 0 Å². The van der Waals surface area contributed by atoms with Gasteiger partial charge in [-0.05, 0) is 0 Å². The minimum absolute atomic E-state index is 0. The molecule has 0 amide bonds. The predicted molar refractivity (Wildman–Crippen MR) is 45.6 cm³/mol. The second kappa shape index (κ2) is 5.72. The van der Waals surface area contributed by atoms with Crippen LogP contribution in [0, 0.1) is 0 Å². The zero-order chi connectivity index (χ0) is 11.5. The van der Waals surface area contributed by atoms with Gasteiger partial charge in [-0.25, -0.2) is 9.59 Å². The van der Waals surface area contributed by atoms with Crippen molar-refractivity contribution in [3.8, 4) is 0 Å². The van der Waals surface area contributed by atoms with Crippen LogP contribution in [-0.2, 0) is 14.4 Å². The summed E-state index contributed by atoms with van der Waals surface area (Å²) in [5.74, 6) is -5.87. The van der Waals surface area contributed by atoms with Crippen molar-refractivity contribution < 1.29 is 39.9 Å². The molecule has 82 valence electrons. The van der Waals surface area contributed by atoms with Gasteiger partial charge in [-0.3, -0.25) is 4.79 Å². The first-order valence-corrected chi connectivity index (χ1v) is 3.30. The van der Waals surface area contributed by atoms with E-state index in [1.165, 1.54) is 0 Å². The zero-order valence-corrected chi connectivity index (χ0v) is 6.75. The maximum absolute atomic E-state index is 10.4. The molecule has 5 N–H and O–H groups in total. The number of aliphatic hydroxyl groups is 2. The summed E-state index contributed by atoms with van der Waals surface area (Å²) in [6.45, 7) is 0. The number of aliphatic carboxylic acids is 3. The first-order valence-electron chi connectivity index (χ1n) is 3.30. The Morgan fingerprint density at radius 2 is 1.53 bits per heavy atom. The van der Waals surface area contributed by atoms with Crippen LogP contribution in [-0.4, -0.2) is 74.0 Å². The Bertz CT molecular complexity index is 276. The first kappa shape index (κ1) is 16.4. The van der Waals surface area contributed by atoms with Crippen molar-refractivity contribution in [1.29, 1.82) is 0 Å². The number of carbonyl (C=O) groups is 3. The second-order valence-corrected chi connectivity index (χ2v) is 2.54. The molecule has 0 rings (SSSR count). The van der Waals surface area contributed by atoms with Gasteiger partial charge in [0, 0.05) is 0 Å². The van der Waals surface area contributed by atoms with E-state index in [1.807, 2.05) is 0 Å². The molecule has 2 unspecified atom stereocenters. The van der Waals surface area contributed by atoms with Crippen molar-refractivity contribution in [3.05, 3.63) is 0 Å². The van der Waals surface area contributed by atoms with E-state index < -0.39 is 36.0 Å². The molecule has 0 aliphatic rings. The third-order valence-corrected chi connectivity index (χ3v) is 1.48. The van der Waals surface area contributed by atoms with Crippen molar-refractivity contribution in [3.63, 3.8) is 0 Å². The van der Waals surface area contributed by atoms with Crippen molar-refractivity contribution in [2.45, 2.75) is 18.1 Å². The summed E-state index contributed by atoms with van der Waals surface area (Å²) >= 11 is 0. The molecule has 9 heteroatoms. The van der Waals surface area contributed by atoms with Gasteiger partial charge in [0.2, 0.25) is 5.60 Å². The quantitative estimate of drug-likeness (QED) is 0.306. The van der Waals surface area contributed by atoms with Crippen LogP contribution in [0.5, 0.6) is 0 Å². The Morgan fingerprint density at radius 3 is 1.73 bits per heavy atom. The minimum atomic E-state index is -3.22. The number of rotatable bonds is 5. The van der Waals surface area contributed by atoms with Gasteiger partial charge in [-0.15, -0.1) is 0 Å². The van der Waals surface area contributed by atoms with Gasteiger partial charge < -0.3 is 25.5 Å². The number of aliphatic hydroxyl groups excluding tert-OH is 1. The van der Waals surface area contributed by atoms with Crippen LogP contribution < -0.4 is 0 Å². The zero-order valence-electron chi connectivity index (χ0n) is 6.75. The Kier molecular flexibility index (Phi) is 6.24. The van der Waals surface area contributed by atoms with Crippen molar-refractivity contribution >= 4 is 36.8 Å². The molecule has 0 radical (unpaired) electrons. The predicted octanol–water partition coefficient (Wildman–Crippen LogP) is -2.93. The molecule has 15 heavy (non-hydrogen) atoms. The molecule has 0 aliphatic carbocycles. The van der Waals surface area contributed by atoms with Gasteiger partial charge in [0.25, 0.3) is 0 Å². The average Bonchev–Trinajstić information content (AvgIpc) is 2.00. The Labute approximate surface area is 95.3 Å². The molecule has 2 atom stereocenters. The number of carboxylic acids is 3. The van der Waals surface area contributed by atoms with E-state index in [9.17, 15) is 14.4 Å². The Hall–Kier alpha value is -1.07. The summed E-state index contributed by atoms with van der Waals surface area (Å²) in [7, 11) is 0. The fourth-order valence-corrected chi connectivity index (χ4v) is 0.724. The summed E-state index contributed by atoms with van der Waals surface area (Å²) in [5.41, 5.74) is -3.22. The van der Waals surface area contributed by atoms with E-state index >= 15 is 0 Å². The standard InChI is InChI=1S/C6H8O8.Li.H/c7-2(8)1-6(14,5(12)13)3(9)4(10)11;;/h3,9,14H,1H2,(H,7,8)(H,10,11)(H,12,13);;. The van der Waals surface area contributed by atoms with Crippen LogP contribution in [0.1, 0.15) is 6.42 Å². The van der Waals surface area contributed by atoms with Crippen LogP contribution in [0.25, 0.3) is 0 Å². The fraction of sp³-hybridized carbons (Fsp3) is 0.500. The van der Waals surface area contributed by atoms with Gasteiger partial charge in [0.05, 0.1) is 6.42 Å².